The summed E-state index contributed by atoms with van der Waals surface area (Å²) in [5, 5.41) is 7.31. The fourth-order valence-electron chi connectivity index (χ4n) is 5.21. The van der Waals surface area contributed by atoms with Gasteiger partial charge in [-0.05, 0) is 62.6 Å². The standard InChI is InChI=1S/C25H35N5O2/c1-29(20-9-3-2-4-10-20)25(32)21-18-27-28-24(21)22-11-5-6-17-30(22)23(31)12-7-8-19-13-15-26-16-14-19/h13-16,18,20,22H,2-12,17H2,1H3,(H,27,28)/t22-/m1/s1. The van der Waals surface area contributed by atoms with Crippen molar-refractivity contribution in [2.75, 3.05) is 13.6 Å². The lowest BCUT2D eigenvalue weighted by molar-refractivity contribution is -0.135. The number of rotatable bonds is 7. The number of piperidine rings is 1. The maximum absolute atomic E-state index is 13.3. The Bertz CT molecular complexity index is 891. The highest BCUT2D eigenvalue weighted by Crippen LogP contribution is 2.33. The van der Waals surface area contributed by atoms with Gasteiger partial charge in [-0.25, -0.2) is 0 Å². The van der Waals surface area contributed by atoms with Crippen LogP contribution in [0.1, 0.15) is 91.9 Å². The number of H-pyrrole nitrogens is 1. The van der Waals surface area contributed by atoms with Crippen molar-refractivity contribution in [2.24, 2.45) is 0 Å². The third-order valence-corrected chi connectivity index (χ3v) is 7.10. The molecule has 0 unspecified atom stereocenters. The zero-order valence-electron chi connectivity index (χ0n) is 19.1. The topological polar surface area (TPSA) is 82.2 Å². The number of amides is 2. The van der Waals surface area contributed by atoms with Crippen LogP contribution in [0.5, 0.6) is 0 Å². The Kier molecular flexibility index (Phi) is 7.55. The molecule has 1 atom stereocenters. The van der Waals surface area contributed by atoms with E-state index in [1.165, 1.54) is 24.8 Å². The number of likely N-dealkylation sites (tertiary alicyclic amines) is 1. The number of carbonyl (C=O) groups is 2. The zero-order valence-corrected chi connectivity index (χ0v) is 19.1. The van der Waals surface area contributed by atoms with E-state index in [2.05, 4.69) is 15.2 Å². The average molecular weight is 438 g/mol. The molecule has 2 aromatic heterocycles. The fraction of sp³-hybridized carbons (Fsp3) is 0.600. The second kappa shape index (κ2) is 10.7. The van der Waals surface area contributed by atoms with E-state index >= 15 is 0 Å². The fourth-order valence-corrected chi connectivity index (χ4v) is 5.21. The quantitative estimate of drug-likeness (QED) is 0.701. The molecule has 7 nitrogen and oxygen atoms in total. The molecule has 7 heteroatoms. The van der Waals surface area contributed by atoms with E-state index in [4.69, 9.17) is 0 Å². The number of carbonyl (C=O) groups excluding carboxylic acids is 2. The first-order valence-electron chi connectivity index (χ1n) is 12.1. The van der Waals surface area contributed by atoms with Crippen molar-refractivity contribution in [3.05, 3.63) is 47.5 Å². The van der Waals surface area contributed by atoms with Gasteiger partial charge in [-0.15, -0.1) is 0 Å². The zero-order chi connectivity index (χ0) is 22.3. The lowest BCUT2D eigenvalue weighted by Crippen LogP contribution is -2.41. The highest BCUT2D eigenvalue weighted by atomic mass is 16.2. The van der Waals surface area contributed by atoms with Gasteiger partial charge in [0.25, 0.3) is 5.91 Å². The summed E-state index contributed by atoms with van der Waals surface area (Å²) in [7, 11) is 1.91. The normalized spacial score (nSPS) is 19.7. The second-order valence-electron chi connectivity index (χ2n) is 9.21. The molecule has 4 rings (SSSR count). The van der Waals surface area contributed by atoms with Gasteiger partial charge in [0.15, 0.2) is 0 Å². The van der Waals surface area contributed by atoms with Crippen LogP contribution in [-0.2, 0) is 11.2 Å². The first-order chi connectivity index (χ1) is 15.6. The number of hydrogen-bond donors (Lipinski definition) is 1. The number of pyridine rings is 1. The van der Waals surface area contributed by atoms with Gasteiger partial charge in [-0.2, -0.15) is 5.10 Å². The second-order valence-corrected chi connectivity index (χ2v) is 9.21. The first-order valence-corrected chi connectivity index (χ1v) is 12.1. The van der Waals surface area contributed by atoms with E-state index in [0.717, 1.165) is 57.2 Å². The van der Waals surface area contributed by atoms with Gasteiger partial charge in [-0.1, -0.05) is 19.3 Å². The van der Waals surface area contributed by atoms with Gasteiger partial charge in [0.2, 0.25) is 5.91 Å². The minimum Gasteiger partial charge on any atom is -0.339 e. The molecule has 1 aliphatic heterocycles. The maximum Gasteiger partial charge on any atom is 0.257 e. The van der Waals surface area contributed by atoms with Gasteiger partial charge >= 0.3 is 0 Å². The van der Waals surface area contributed by atoms with Gasteiger partial charge in [0, 0.05) is 38.4 Å². The summed E-state index contributed by atoms with van der Waals surface area (Å²) in [4.78, 5) is 34.4. The van der Waals surface area contributed by atoms with Crippen LogP contribution in [0.4, 0.5) is 0 Å². The van der Waals surface area contributed by atoms with E-state index in [0.29, 0.717) is 18.0 Å². The molecule has 2 aromatic rings. The van der Waals surface area contributed by atoms with Crippen molar-refractivity contribution in [2.45, 2.75) is 82.7 Å². The molecule has 0 spiro atoms. The summed E-state index contributed by atoms with van der Waals surface area (Å²) in [6, 6.07) is 4.20. The summed E-state index contributed by atoms with van der Waals surface area (Å²) in [6.45, 7) is 0.740. The van der Waals surface area contributed by atoms with Gasteiger partial charge < -0.3 is 9.80 Å². The lowest BCUT2D eigenvalue weighted by Gasteiger charge is -2.36. The third kappa shape index (κ3) is 5.19. The summed E-state index contributed by atoms with van der Waals surface area (Å²) < 4.78 is 0. The first kappa shape index (κ1) is 22.5. The maximum atomic E-state index is 13.3. The monoisotopic (exact) mass is 437 g/mol. The average Bonchev–Trinajstić information content (AvgIpc) is 3.34. The van der Waals surface area contributed by atoms with Gasteiger partial charge in [0.1, 0.15) is 0 Å². The summed E-state index contributed by atoms with van der Waals surface area (Å²) in [5.74, 6) is 0.189. The van der Waals surface area contributed by atoms with Crippen LogP contribution in [0, 0.1) is 0 Å². The highest BCUT2D eigenvalue weighted by molar-refractivity contribution is 5.95. The molecule has 2 aliphatic rings. The smallest absolute Gasteiger partial charge is 0.257 e. The van der Waals surface area contributed by atoms with E-state index < -0.39 is 0 Å². The molecular weight excluding hydrogens is 402 g/mol. The largest absolute Gasteiger partial charge is 0.339 e. The summed E-state index contributed by atoms with van der Waals surface area (Å²) in [5.41, 5.74) is 2.63. The predicted octanol–water partition coefficient (Wildman–Crippen LogP) is 4.29. The molecule has 2 fully saturated rings. The van der Waals surface area contributed by atoms with Crippen molar-refractivity contribution in [1.29, 1.82) is 0 Å². The summed E-state index contributed by atoms with van der Waals surface area (Å²) in [6.07, 6.45) is 16.1. The molecule has 0 radical (unpaired) electrons. The van der Waals surface area contributed by atoms with Crippen molar-refractivity contribution in [1.82, 2.24) is 25.0 Å². The Labute approximate surface area is 190 Å². The molecule has 0 aromatic carbocycles. The number of hydrogen-bond acceptors (Lipinski definition) is 4. The Morgan fingerprint density at radius 1 is 1.09 bits per heavy atom. The molecular formula is C25H35N5O2. The molecule has 3 heterocycles. The van der Waals surface area contributed by atoms with Gasteiger partial charge in [0.05, 0.1) is 23.5 Å². The van der Waals surface area contributed by atoms with E-state index in [1.54, 1.807) is 18.6 Å². The number of aryl methyl sites for hydroxylation is 1. The molecule has 1 N–H and O–H groups in total. The predicted molar refractivity (Wildman–Crippen MR) is 123 cm³/mol. The number of nitrogens with zero attached hydrogens (tertiary/aromatic N) is 4. The van der Waals surface area contributed by atoms with Crippen molar-refractivity contribution >= 4 is 11.8 Å². The SMILES string of the molecule is CN(C(=O)c1cn[nH]c1[C@H]1CCCCN1C(=O)CCCc1ccncc1)C1CCCCC1. The van der Waals surface area contributed by atoms with Crippen molar-refractivity contribution in [3.8, 4) is 0 Å². The molecule has 0 bridgehead atoms. The van der Waals surface area contributed by atoms with Crippen LogP contribution in [0.25, 0.3) is 0 Å². The lowest BCUT2D eigenvalue weighted by atomic mass is 9.93. The number of aromatic amines is 1. The molecule has 1 aliphatic carbocycles. The Hall–Kier alpha value is -2.70. The third-order valence-electron chi connectivity index (χ3n) is 7.10. The van der Waals surface area contributed by atoms with E-state index in [-0.39, 0.29) is 17.9 Å². The van der Waals surface area contributed by atoms with Crippen LogP contribution in [0.2, 0.25) is 0 Å². The molecule has 1 saturated carbocycles. The van der Waals surface area contributed by atoms with Crippen LogP contribution in [0.3, 0.4) is 0 Å². The van der Waals surface area contributed by atoms with Crippen LogP contribution in [-0.4, -0.2) is 56.4 Å². The van der Waals surface area contributed by atoms with Crippen LogP contribution < -0.4 is 0 Å². The number of aromatic nitrogens is 3. The van der Waals surface area contributed by atoms with E-state index in [9.17, 15) is 9.59 Å². The molecule has 32 heavy (non-hydrogen) atoms. The van der Waals surface area contributed by atoms with Crippen LogP contribution >= 0.6 is 0 Å². The minimum atomic E-state index is -0.0987. The van der Waals surface area contributed by atoms with Crippen LogP contribution in [0.15, 0.2) is 30.7 Å². The molecule has 172 valence electrons. The highest BCUT2D eigenvalue weighted by Gasteiger charge is 2.33. The minimum absolute atomic E-state index is 0.0244. The van der Waals surface area contributed by atoms with Crippen molar-refractivity contribution in [3.63, 3.8) is 0 Å². The van der Waals surface area contributed by atoms with Crippen molar-refractivity contribution < 1.29 is 9.59 Å². The molecule has 1 saturated heterocycles. The van der Waals surface area contributed by atoms with Gasteiger partial charge in [-0.3, -0.25) is 19.7 Å². The molecule has 2 amide bonds. The Balaban J connectivity index is 1.43. The number of nitrogens with one attached hydrogen (secondary N) is 1. The summed E-state index contributed by atoms with van der Waals surface area (Å²) >= 11 is 0. The van der Waals surface area contributed by atoms with E-state index in [1.807, 2.05) is 29.0 Å². The Morgan fingerprint density at radius 2 is 1.84 bits per heavy atom. The Morgan fingerprint density at radius 3 is 2.62 bits per heavy atom.